The molecule has 2 aromatic rings. The SMILES string of the molecule is Cl.NCc1nc(-c2ccc(NC(=O)CCS(=O)(=O)C3CCCC3)cc2)n[nH]1. The number of rotatable bonds is 7. The van der Waals surface area contributed by atoms with E-state index in [0.29, 0.717) is 17.3 Å². The number of nitrogens with two attached hydrogens (primary N) is 1. The Kier molecular flexibility index (Phi) is 7.34. The molecule has 0 saturated heterocycles. The molecule has 1 saturated carbocycles. The first kappa shape index (κ1) is 21.3. The van der Waals surface area contributed by atoms with Crippen molar-refractivity contribution in [3.8, 4) is 11.4 Å². The molecule has 1 aliphatic rings. The lowest BCUT2D eigenvalue weighted by molar-refractivity contribution is -0.115. The molecular formula is C17H24ClN5O3S. The minimum Gasteiger partial charge on any atom is -0.326 e. The van der Waals surface area contributed by atoms with E-state index < -0.39 is 9.84 Å². The Balaban J connectivity index is 0.00000261. The number of hydrogen-bond donors (Lipinski definition) is 3. The van der Waals surface area contributed by atoms with Crippen molar-refractivity contribution in [1.82, 2.24) is 15.2 Å². The van der Waals surface area contributed by atoms with Gasteiger partial charge < -0.3 is 11.1 Å². The van der Waals surface area contributed by atoms with Crippen LogP contribution in [0.1, 0.15) is 37.9 Å². The predicted octanol–water partition coefficient (Wildman–Crippen LogP) is 2.04. The first-order valence-corrected chi connectivity index (χ1v) is 10.4. The summed E-state index contributed by atoms with van der Waals surface area (Å²) in [5.74, 6) is 0.732. The number of aromatic amines is 1. The van der Waals surface area contributed by atoms with Gasteiger partial charge in [0.05, 0.1) is 17.5 Å². The first-order valence-electron chi connectivity index (χ1n) is 8.71. The zero-order valence-corrected chi connectivity index (χ0v) is 16.5. The molecule has 10 heteroatoms. The second kappa shape index (κ2) is 9.29. The summed E-state index contributed by atoms with van der Waals surface area (Å²) in [7, 11) is -3.18. The van der Waals surface area contributed by atoms with E-state index in [9.17, 15) is 13.2 Å². The Labute approximate surface area is 164 Å². The zero-order valence-electron chi connectivity index (χ0n) is 14.8. The summed E-state index contributed by atoms with van der Waals surface area (Å²) < 4.78 is 24.4. The molecule has 1 aromatic carbocycles. The third-order valence-corrected chi connectivity index (χ3v) is 6.84. The molecule has 1 aromatic heterocycles. The fourth-order valence-corrected chi connectivity index (χ4v) is 4.95. The molecule has 0 spiro atoms. The van der Waals surface area contributed by atoms with Crippen LogP contribution in [0.2, 0.25) is 0 Å². The molecule has 27 heavy (non-hydrogen) atoms. The number of hydrogen-bond acceptors (Lipinski definition) is 6. The van der Waals surface area contributed by atoms with Gasteiger partial charge in [-0.15, -0.1) is 12.4 Å². The minimum atomic E-state index is -3.18. The lowest BCUT2D eigenvalue weighted by Gasteiger charge is -2.11. The van der Waals surface area contributed by atoms with Gasteiger partial charge in [-0.05, 0) is 37.1 Å². The summed E-state index contributed by atoms with van der Waals surface area (Å²) in [5, 5.41) is 9.27. The summed E-state index contributed by atoms with van der Waals surface area (Å²) in [4.78, 5) is 16.3. The Morgan fingerprint density at radius 2 is 1.89 bits per heavy atom. The van der Waals surface area contributed by atoms with E-state index in [1.165, 1.54) is 0 Å². The number of halogens is 1. The number of nitrogens with zero attached hydrogens (tertiary/aromatic N) is 2. The fraction of sp³-hybridized carbons (Fsp3) is 0.471. The van der Waals surface area contributed by atoms with E-state index in [0.717, 1.165) is 31.2 Å². The highest BCUT2D eigenvalue weighted by atomic mass is 35.5. The molecule has 1 fully saturated rings. The Bertz CT molecular complexity index is 861. The summed E-state index contributed by atoms with van der Waals surface area (Å²) in [6, 6.07) is 7.04. The molecule has 0 unspecified atom stereocenters. The van der Waals surface area contributed by atoms with Gasteiger partial charge in [0.1, 0.15) is 5.82 Å². The molecule has 3 rings (SSSR count). The summed E-state index contributed by atoms with van der Waals surface area (Å²) in [6.07, 6.45) is 3.33. The fourth-order valence-electron chi connectivity index (χ4n) is 3.09. The van der Waals surface area contributed by atoms with Crippen molar-refractivity contribution in [3.63, 3.8) is 0 Å². The number of aromatic nitrogens is 3. The van der Waals surface area contributed by atoms with Crippen molar-refractivity contribution in [3.05, 3.63) is 30.1 Å². The molecule has 1 amide bonds. The number of benzene rings is 1. The van der Waals surface area contributed by atoms with Crippen LogP contribution >= 0.6 is 12.4 Å². The van der Waals surface area contributed by atoms with Crippen molar-refractivity contribution < 1.29 is 13.2 Å². The number of sulfone groups is 1. The summed E-state index contributed by atoms with van der Waals surface area (Å²) in [5.41, 5.74) is 6.89. The van der Waals surface area contributed by atoms with Gasteiger partial charge in [-0.2, -0.15) is 5.10 Å². The van der Waals surface area contributed by atoms with E-state index >= 15 is 0 Å². The van der Waals surface area contributed by atoms with Crippen LogP contribution in [0.5, 0.6) is 0 Å². The van der Waals surface area contributed by atoms with Crippen molar-refractivity contribution in [2.75, 3.05) is 11.1 Å². The molecule has 1 aliphatic carbocycles. The first-order chi connectivity index (χ1) is 12.5. The van der Waals surface area contributed by atoms with E-state index in [1.807, 2.05) is 0 Å². The van der Waals surface area contributed by atoms with Gasteiger partial charge in [0, 0.05) is 17.7 Å². The number of carbonyl (C=O) groups excluding carboxylic acids is 1. The number of amides is 1. The van der Waals surface area contributed by atoms with Crippen molar-refractivity contribution >= 4 is 33.8 Å². The highest BCUT2D eigenvalue weighted by molar-refractivity contribution is 7.92. The number of anilines is 1. The van der Waals surface area contributed by atoms with Crippen LogP contribution in [0, 0.1) is 0 Å². The van der Waals surface area contributed by atoms with E-state index in [4.69, 9.17) is 5.73 Å². The van der Waals surface area contributed by atoms with Crippen LogP contribution in [0.4, 0.5) is 5.69 Å². The zero-order chi connectivity index (χ0) is 18.6. The van der Waals surface area contributed by atoms with Gasteiger partial charge >= 0.3 is 0 Å². The van der Waals surface area contributed by atoms with Crippen LogP contribution in [0.15, 0.2) is 24.3 Å². The maximum absolute atomic E-state index is 12.2. The number of carbonyl (C=O) groups is 1. The molecule has 4 N–H and O–H groups in total. The van der Waals surface area contributed by atoms with Crippen molar-refractivity contribution in [2.45, 2.75) is 43.9 Å². The second-order valence-corrected chi connectivity index (χ2v) is 8.86. The van der Waals surface area contributed by atoms with Crippen molar-refractivity contribution in [2.24, 2.45) is 5.73 Å². The van der Waals surface area contributed by atoms with Gasteiger partial charge in [-0.1, -0.05) is 12.8 Å². The summed E-state index contributed by atoms with van der Waals surface area (Å²) in [6.45, 7) is 0.283. The third kappa shape index (κ3) is 5.50. The van der Waals surface area contributed by atoms with Gasteiger partial charge in [-0.3, -0.25) is 9.89 Å². The highest BCUT2D eigenvalue weighted by Gasteiger charge is 2.28. The Morgan fingerprint density at radius 1 is 1.22 bits per heavy atom. The maximum atomic E-state index is 12.2. The molecule has 0 aliphatic heterocycles. The van der Waals surface area contributed by atoms with Gasteiger partial charge in [0.15, 0.2) is 15.7 Å². The van der Waals surface area contributed by atoms with Crippen molar-refractivity contribution in [1.29, 1.82) is 0 Å². The molecule has 8 nitrogen and oxygen atoms in total. The average molecular weight is 414 g/mol. The van der Waals surface area contributed by atoms with E-state index in [-0.39, 0.29) is 42.3 Å². The van der Waals surface area contributed by atoms with E-state index in [1.54, 1.807) is 24.3 Å². The monoisotopic (exact) mass is 413 g/mol. The molecule has 0 radical (unpaired) electrons. The molecule has 1 heterocycles. The van der Waals surface area contributed by atoms with Crippen LogP contribution in [0.3, 0.4) is 0 Å². The predicted molar refractivity (Wildman–Crippen MR) is 106 cm³/mol. The average Bonchev–Trinajstić information content (AvgIpc) is 3.33. The van der Waals surface area contributed by atoms with E-state index in [2.05, 4.69) is 20.5 Å². The smallest absolute Gasteiger partial charge is 0.225 e. The van der Waals surface area contributed by atoms with Crippen LogP contribution in [-0.2, 0) is 21.2 Å². The van der Waals surface area contributed by atoms with Gasteiger partial charge in [-0.25, -0.2) is 13.4 Å². The minimum absolute atomic E-state index is 0. The normalized spacial score (nSPS) is 14.7. The van der Waals surface area contributed by atoms with Gasteiger partial charge in [0.2, 0.25) is 5.91 Å². The lowest BCUT2D eigenvalue weighted by atomic mass is 10.2. The molecular weight excluding hydrogens is 390 g/mol. The topological polar surface area (TPSA) is 131 Å². The number of H-pyrrole nitrogens is 1. The largest absolute Gasteiger partial charge is 0.326 e. The Hall–Kier alpha value is -1.97. The molecule has 0 atom stereocenters. The Morgan fingerprint density at radius 3 is 2.48 bits per heavy atom. The maximum Gasteiger partial charge on any atom is 0.225 e. The standard InChI is InChI=1S/C17H23N5O3S.ClH/c18-11-15-20-17(22-21-15)12-5-7-13(8-6-12)19-16(23)9-10-26(24,25)14-3-1-2-4-14;/h5-8,14H,1-4,9-11,18H2,(H,19,23)(H,20,21,22);1H. The van der Waals surface area contributed by atoms with Gasteiger partial charge in [0.25, 0.3) is 0 Å². The second-order valence-electron chi connectivity index (χ2n) is 6.46. The third-order valence-electron chi connectivity index (χ3n) is 4.58. The summed E-state index contributed by atoms with van der Waals surface area (Å²) >= 11 is 0. The molecule has 0 bridgehead atoms. The van der Waals surface area contributed by atoms with Crippen LogP contribution < -0.4 is 11.1 Å². The van der Waals surface area contributed by atoms with Crippen LogP contribution in [-0.4, -0.2) is 40.5 Å². The quantitative estimate of drug-likeness (QED) is 0.636. The van der Waals surface area contributed by atoms with Crippen LogP contribution in [0.25, 0.3) is 11.4 Å². The number of nitrogens with one attached hydrogen (secondary N) is 2. The lowest BCUT2D eigenvalue weighted by Crippen LogP contribution is -2.24. The molecule has 148 valence electrons. The highest BCUT2D eigenvalue weighted by Crippen LogP contribution is 2.25.